The summed E-state index contributed by atoms with van der Waals surface area (Å²) in [5.41, 5.74) is 7.17. The number of aliphatic carboxylic acids is 1. The molecular formula is C29H34F3N7O3. The number of nitrogen functional groups attached to an aromatic ring is 1. The van der Waals surface area contributed by atoms with Crippen molar-refractivity contribution in [3.05, 3.63) is 59.4 Å². The summed E-state index contributed by atoms with van der Waals surface area (Å²) in [6.45, 7) is 5.39. The van der Waals surface area contributed by atoms with Gasteiger partial charge in [0.05, 0.1) is 11.4 Å². The average Bonchev–Trinajstić information content (AvgIpc) is 3.56. The molecule has 2 atom stereocenters. The number of aryl methyl sites for hydroxylation is 1. The number of anilines is 2. The normalized spacial score (nSPS) is 19.5. The summed E-state index contributed by atoms with van der Waals surface area (Å²) < 4.78 is 51.1. The Morgan fingerprint density at radius 3 is 2.64 bits per heavy atom. The fraction of sp³-hybridized carbons (Fsp3) is 0.448. The molecule has 224 valence electrons. The molecule has 4 heterocycles. The van der Waals surface area contributed by atoms with Gasteiger partial charge in [0, 0.05) is 37.5 Å². The van der Waals surface area contributed by atoms with Crippen LogP contribution in [0.5, 0.6) is 5.88 Å². The quantitative estimate of drug-likeness (QED) is 0.345. The fourth-order valence-corrected chi connectivity index (χ4v) is 5.66. The lowest BCUT2D eigenvalue weighted by Crippen LogP contribution is -2.41. The number of carboxylic acids is 1. The van der Waals surface area contributed by atoms with Gasteiger partial charge in [-0.3, -0.25) is 4.79 Å². The van der Waals surface area contributed by atoms with Crippen LogP contribution in [0.15, 0.2) is 42.6 Å². The van der Waals surface area contributed by atoms with Crippen molar-refractivity contribution in [2.45, 2.75) is 57.9 Å². The molecule has 1 spiro atoms. The zero-order valence-corrected chi connectivity index (χ0v) is 23.4. The molecule has 13 heteroatoms. The van der Waals surface area contributed by atoms with Crippen molar-refractivity contribution in [3.8, 4) is 11.6 Å². The molecule has 10 nitrogen and oxygen atoms in total. The molecule has 5 rings (SSSR count). The van der Waals surface area contributed by atoms with Crippen LogP contribution in [0.25, 0.3) is 11.8 Å². The predicted molar refractivity (Wildman–Crippen MR) is 151 cm³/mol. The minimum Gasteiger partial charge on any atom is -0.480 e. The number of benzene rings is 1. The van der Waals surface area contributed by atoms with Gasteiger partial charge in [-0.15, -0.1) is 0 Å². The molecule has 0 bridgehead atoms. The summed E-state index contributed by atoms with van der Waals surface area (Å²) in [5.74, 6) is -1.02. The van der Waals surface area contributed by atoms with E-state index in [0.29, 0.717) is 56.0 Å². The molecule has 0 aliphatic carbocycles. The molecule has 0 saturated carbocycles. The monoisotopic (exact) mass is 585 g/mol. The molecule has 2 aliphatic rings. The number of carboxylic acid groups (broad SMARTS) is 1. The number of hydrogen-bond acceptors (Lipinski definition) is 8. The van der Waals surface area contributed by atoms with E-state index in [9.17, 15) is 23.1 Å². The Labute approximate surface area is 241 Å². The van der Waals surface area contributed by atoms with E-state index in [1.165, 1.54) is 16.8 Å². The van der Waals surface area contributed by atoms with Crippen molar-refractivity contribution in [2.75, 3.05) is 30.3 Å². The number of allylic oxidation sites excluding steroid dienone is 1. The van der Waals surface area contributed by atoms with Crippen molar-refractivity contribution >= 4 is 23.8 Å². The number of piperidine rings is 1. The van der Waals surface area contributed by atoms with Crippen molar-refractivity contribution in [2.24, 2.45) is 5.41 Å². The molecule has 42 heavy (non-hydrogen) atoms. The number of ether oxygens (including phenoxy) is 1. The number of halogens is 3. The summed E-state index contributed by atoms with van der Waals surface area (Å²) in [6.07, 6.45) is 0.751. The molecule has 2 fully saturated rings. The smallest absolute Gasteiger partial charge is 0.429 e. The number of aromatic nitrogens is 4. The maximum atomic E-state index is 14.7. The molecule has 2 aromatic heterocycles. The van der Waals surface area contributed by atoms with E-state index in [1.807, 2.05) is 17.9 Å². The highest BCUT2D eigenvalue weighted by Gasteiger charge is 2.46. The maximum Gasteiger partial charge on any atom is 0.429 e. The highest BCUT2D eigenvalue weighted by molar-refractivity contribution is 5.74. The molecule has 4 N–H and O–H groups in total. The number of nitrogens with one attached hydrogen (secondary N) is 1. The van der Waals surface area contributed by atoms with Crippen molar-refractivity contribution in [3.63, 3.8) is 0 Å². The van der Waals surface area contributed by atoms with Crippen LogP contribution in [0, 0.1) is 12.3 Å². The Morgan fingerprint density at radius 2 is 2.02 bits per heavy atom. The highest BCUT2D eigenvalue weighted by atomic mass is 19.4. The van der Waals surface area contributed by atoms with Crippen LogP contribution in [0.4, 0.5) is 24.9 Å². The Kier molecular flexibility index (Phi) is 8.13. The van der Waals surface area contributed by atoms with Crippen LogP contribution >= 0.6 is 0 Å². The topological polar surface area (TPSA) is 131 Å². The van der Waals surface area contributed by atoms with Crippen LogP contribution in [0.3, 0.4) is 0 Å². The van der Waals surface area contributed by atoms with Crippen LogP contribution in [-0.2, 0) is 4.79 Å². The number of nitrogens with zero attached hydrogens (tertiary/aromatic N) is 5. The minimum atomic E-state index is -4.79. The number of rotatable bonds is 8. The first-order chi connectivity index (χ1) is 20.0. The molecule has 1 aromatic carbocycles. The van der Waals surface area contributed by atoms with E-state index in [2.05, 4.69) is 20.4 Å². The Morgan fingerprint density at radius 1 is 1.26 bits per heavy atom. The Bertz CT molecular complexity index is 1460. The Balaban J connectivity index is 1.44. The van der Waals surface area contributed by atoms with Crippen LogP contribution < -0.4 is 20.7 Å². The first-order valence-corrected chi connectivity index (χ1v) is 13.9. The van der Waals surface area contributed by atoms with Crippen LogP contribution in [-0.4, -0.2) is 62.7 Å². The minimum absolute atomic E-state index is 0.121. The summed E-state index contributed by atoms with van der Waals surface area (Å²) in [6, 6.07) is 7.29. The van der Waals surface area contributed by atoms with E-state index >= 15 is 0 Å². The number of nitrogens with two attached hydrogens (primary N) is 1. The largest absolute Gasteiger partial charge is 0.480 e. The lowest BCUT2D eigenvalue weighted by molar-refractivity contribution is -0.198. The first kappa shape index (κ1) is 29.4. The van der Waals surface area contributed by atoms with Gasteiger partial charge in [0.25, 0.3) is 0 Å². The van der Waals surface area contributed by atoms with Gasteiger partial charge in [-0.05, 0) is 61.8 Å². The van der Waals surface area contributed by atoms with E-state index in [4.69, 9.17) is 10.5 Å². The zero-order valence-electron chi connectivity index (χ0n) is 23.4. The van der Waals surface area contributed by atoms with E-state index < -0.39 is 24.3 Å². The molecule has 3 aromatic rings. The second kappa shape index (κ2) is 11.6. The first-order valence-electron chi connectivity index (χ1n) is 13.9. The van der Waals surface area contributed by atoms with Gasteiger partial charge >= 0.3 is 12.1 Å². The highest BCUT2D eigenvalue weighted by Crippen LogP contribution is 2.42. The molecular weight excluding hydrogens is 551 g/mol. The van der Waals surface area contributed by atoms with Crippen molar-refractivity contribution in [1.82, 2.24) is 25.1 Å². The SMILES string of the molecule is CCC=Cc1ccc(-n2ccc(C)n2)c([C@@H](Oc2cc(N3CCC4(CC3)CN[C@H](C(=O)O)C4)nc(N)n2)C(F)(F)F)c1. The lowest BCUT2D eigenvalue weighted by atomic mass is 9.76. The third-order valence-corrected chi connectivity index (χ3v) is 7.90. The van der Waals surface area contributed by atoms with Gasteiger partial charge in [-0.25, -0.2) is 4.68 Å². The van der Waals surface area contributed by atoms with E-state index in [1.54, 1.807) is 37.4 Å². The van der Waals surface area contributed by atoms with E-state index in [-0.39, 0.29) is 28.5 Å². The molecule has 0 amide bonds. The zero-order chi connectivity index (χ0) is 30.1. The lowest BCUT2D eigenvalue weighted by Gasteiger charge is -2.39. The number of hydrogen-bond donors (Lipinski definition) is 3. The second-order valence-electron chi connectivity index (χ2n) is 11.0. The predicted octanol–water partition coefficient (Wildman–Crippen LogP) is 4.69. The van der Waals surface area contributed by atoms with Gasteiger partial charge in [-0.1, -0.05) is 25.1 Å². The average molecular weight is 586 g/mol. The van der Waals surface area contributed by atoms with Gasteiger partial charge in [-0.2, -0.15) is 28.2 Å². The summed E-state index contributed by atoms with van der Waals surface area (Å²) >= 11 is 0. The maximum absolute atomic E-state index is 14.7. The summed E-state index contributed by atoms with van der Waals surface area (Å²) in [5, 5.41) is 16.8. The number of carbonyl (C=O) groups is 1. The molecule has 2 saturated heterocycles. The van der Waals surface area contributed by atoms with Gasteiger partial charge in [0.2, 0.25) is 17.9 Å². The third-order valence-electron chi connectivity index (χ3n) is 7.90. The summed E-state index contributed by atoms with van der Waals surface area (Å²) in [7, 11) is 0. The molecule has 2 aliphatic heterocycles. The summed E-state index contributed by atoms with van der Waals surface area (Å²) in [4.78, 5) is 21.6. The van der Waals surface area contributed by atoms with Crippen molar-refractivity contribution in [1.29, 1.82) is 0 Å². The van der Waals surface area contributed by atoms with Crippen LogP contribution in [0.1, 0.15) is 55.5 Å². The number of alkyl halides is 3. The second-order valence-corrected chi connectivity index (χ2v) is 11.0. The van der Waals surface area contributed by atoms with Crippen LogP contribution in [0.2, 0.25) is 0 Å². The standard InChI is InChI=1S/C29H34F3N7O3/c1-3-4-5-19-6-7-22(39-11-8-18(2)37-39)20(14-19)25(29(30,31)32)42-24-15-23(35-27(33)36-24)38-12-9-28(10-13-38)16-21(26(40)41)34-17-28/h4-8,11,14-15,21,25,34H,3,9-10,12-13,16-17H2,1-2H3,(H,40,41)(H2,33,35,36)/t21-,25+/m0/s1. The molecule has 0 unspecified atom stereocenters. The third kappa shape index (κ3) is 6.35. The van der Waals surface area contributed by atoms with Crippen molar-refractivity contribution < 1.29 is 27.8 Å². The van der Waals surface area contributed by atoms with Gasteiger partial charge in [0.1, 0.15) is 11.9 Å². The fourth-order valence-electron chi connectivity index (χ4n) is 5.66. The van der Waals surface area contributed by atoms with Gasteiger partial charge in [0.15, 0.2) is 0 Å². The van der Waals surface area contributed by atoms with E-state index in [0.717, 1.165) is 6.42 Å². The Hall–Kier alpha value is -4.13. The van der Waals surface area contributed by atoms with Gasteiger partial charge < -0.3 is 25.8 Å². The molecule has 0 radical (unpaired) electrons.